The van der Waals surface area contributed by atoms with Gasteiger partial charge in [0.25, 0.3) is 0 Å². The van der Waals surface area contributed by atoms with E-state index in [2.05, 4.69) is 0 Å². The molecule has 0 aliphatic carbocycles. The first kappa shape index (κ1) is 14.3. The summed E-state index contributed by atoms with van der Waals surface area (Å²) in [5.41, 5.74) is 0.533. The lowest BCUT2D eigenvalue weighted by Crippen LogP contribution is -2.08. The monoisotopic (exact) mass is 256 g/mol. The number of hydrogen-bond donors (Lipinski definition) is 3. The van der Waals surface area contributed by atoms with E-state index in [1.807, 2.05) is 0 Å². The zero-order valence-corrected chi connectivity index (χ0v) is 10.0. The fourth-order valence-corrected chi connectivity index (χ4v) is 1.44. The molecule has 0 saturated heterocycles. The SMILES string of the molecule is Cc1c(OCCO)cc(OCCO)cc1C(=O)O. The molecule has 0 atom stereocenters. The number of rotatable bonds is 7. The zero-order chi connectivity index (χ0) is 13.5. The highest BCUT2D eigenvalue weighted by molar-refractivity contribution is 5.90. The molecule has 100 valence electrons. The highest BCUT2D eigenvalue weighted by Gasteiger charge is 2.14. The fourth-order valence-electron chi connectivity index (χ4n) is 1.44. The molecule has 0 unspecified atom stereocenters. The van der Waals surface area contributed by atoms with Crippen LogP contribution in [0.3, 0.4) is 0 Å². The second kappa shape index (κ2) is 6.83. The second-order valence-electron chi connectivity index (χ2n) is 3.54. The number of hydrogen-bond acceptors (Lipinski definition) is 5. The van der Waals surface area contributed by atoms with Gasteiger partial charge >= 0.3 is 5.97 Å². The Morgan fingerprint density at radius 1 is 1.17 bits per heavy atom. The Labute approximate surface area is 104 Å². The van der Waals surface area contributed by atoms with E-state index >= 15 is 0 Å². The van der Waals surface area contributed by atoms with Gasteiger partial charge in [-0.1, -0.05) is 0 Å². The van der Waals surface area contributed by atoms with E-state index in [-0.39, 0.29) is 32.0 Å². The van der Waals surface area contributed by atoms with E-state index in [0.717, 1.165) is 0 Å². The lowest BCUT2D eigenvalue weighted by Gasteiger charge is -2.13. The lowest BCUT2D eigenvalue weighted by molar-refractivity contribution is 0.0694. The molecule has 0 radical (unpaired) electrons. The maximum atomic E-state index is 11.1. The predicted octanol–water partition coefficient (Wildman–Crippen LogP) is 0.435. The number of aliphatic hydroxyl groups excluding tert-OH is 2. The van der Waals surface area contributed by atoms with E-state index in [0.29, 0.717) is 17.1 Å². The predicted molar refractivity (Wildman–Crippen MR) is 63.3 cm³/mol. The summed E-state index contributed by atoms with van der Waals surface area (Å²) >= 11 is 0. The first-order valence-electron chi connectivity index (χ1n) is 5.45. The Bertz CT molecular complexity index is 415. The largest absolute Gasteiger partial charge is 0.491 e. The molecule has 1 aromatic carbocycles. The van der Waals surface area contributed by atoms with Crippen LogP contribution in [0, 0.1) is 6.92 Å². The van der Waals surface area contributed by atoms with Gasteiger partial charge in [0.15, 0.2) is 0 Å². The van der Waals surface area contributed by atoms with Gasteiger partial charge in [0.2, 0.25) is 0 Å². The van der Waals surface area contributed by atoms with Crippen molar-refractivity contribution in [3.63, 3.8) is 0 Å². The summed E-state index contributed by atoms with van der Waals surface area (Å²) in [6.07, 6.45) is 0. The molecule has 0 aliphatic heterocycles. The molecule has 18 heavy (non-hydrogen) atoms. The molecular weight excluding hydrogens is 240 g/mol. The third-order valence-corrected chi connectivity index (χ3v) is 2.27. The number of aliphatic hydroxyl groups is 2. The lowest BCUT2D eigenvalue weighted by atomic mass is 10.1. The van der Waals surface area contributed by atoms with Crippen LogP contribution in [-0.2, 0) is 0 Å². The molecule has 3 N–H and O–H groups in total. The minimum atomic E-state index is -1.09. The molecule has 0 spiro atoms. The van der Waals surface area contributed by atoms with Crippen molar-refractivity contribution in [2.75, 3.05) is 26.4 Å². The average Bonchev–Trinajstić information content (AvgIpc) is 2.35. The first-order valence-corrected chi connectivity index (χ1v) is 5.45. The van der Waals surface area contributed by atoms with Crippen LogP contribution in [0.5, 0.6) is 11.5 Å². The molecule has 0 aromatic heterocycles. The summed E-state index contributed by atoms with van der Waals surface area (Å²) in [4.78, 5) is 11.1. The van der Waals surface area contributed by atoms with Crippen LogP contribution in [-0.4, -0.2) is 47.7 Å². The van der Waals surface area contributed by atoms with Crippen LogP contribution in [0.25, 0.3) is 0 Å². The quantitative estimate of drug-likeness (QED) is 0.655. The average molecular weight is 256 g/mol. The molecule has 0 heterocycles. The number of ether oxygens (including phenoxy) is 2. The first-order chi connectivity index (χ1) is 8.60. The molecule has 6 heteroatoms. The van der Waals surface area contributed by atoms with Gasteiger partial charge in [0, 0.05) is 11.6 Å². The summed E-state index contributed by atoms with van der Waals surface area (Å²) in [7, 11) is 0. The van der Waals surface area contributed by atoms with Crippen molar-refractivity contribution in [2.24, 2.45) is 0 Å². The molecule has 0 saturated carbocycles. The Kier molecular flexibility index (Phi) is 5.41. The number of carbonyl (C=O) groups is 1. The Morgan fingerprint density at radius 3 is 2.33 bits per heavy atom. The molecule has 0 amide bonds. The summed E-state index contributed by atoms with van der Waals surface area (Å²) in [6.45, 7) is 1.43. The van der Waals surface area contributed by atoms with Gasteiger partial charge in [0.1, 0.15) is 24.7 Å². The normalized spacial score (nSPS) is 10.2. The minimum Gasteiger partial charge on any atom is -0.491 e. The van der Waals surface area contributed by atoms with Crippen LogP contribution in [0.15, 0.2) is 12.1 Å². The molecule has 6 nitrogen and oxygen atoms in total. The summed E-state index contributed by atoms with van der Waals surface area (Å²) in [5.74, 6) is -0.437. The van der Waals surface area contributed by atoms with Crippen LogP contribution < -0.4 is 9.47 Å². The topological polar surface area (TPSA) is 96.2 Å². The molecule has 0 fully saturated rings. The van der Waals surface area contributed by atoms with E-state index in [1.54, 1.807) is 6.92 Å². The number of benzene rings is 1. The van der Waals surface area contributed by atoms with Crippen LogP contribution in [0.4, 0.5) is 0 Å². The summed E-state index contributed by atoms with van der Waals surface area (Å²) in [6, 6.07) is 2.91. The Hall–Kier alpha value is -1.79. The Balaban J connectivity index is 3.06. The van der Waals surface area contributed by atoms with E-state index in [4.69, 9.17) is 24.8 Å². The van der Waals surface area contributed by atoms with Crippen LogP contribution in [0.1, 0.15) is 15.9 Å². The van der Waals surface area contributed by atoms with Crippen molar-refractivity contribution in [1.82, 2.24) is 0 Å². The standard InChI is InChI=1S/C12H16O6/c1-8-10(12(15)16)6-9(17-4-2-13)7-11(8)18-5-3-14/h6-7,13-14H,2-5H2,1H3,(H,15,16). The third-order valence-electron chi connectivity index (χ3n) is 2.27. The second-order valence-corrected chi connectivity index (χ2v) is 3.54. The number of aromatic carboxylic acids is 1. The molecule has 1 rings (SSSR count). The molecule has 1 aromatic rings. The van der Waals surface area contributed by atoms with Gasteiger partial charge in [-0.2, -0.15) is 0 Å². The van der Waals surface area contributed by atoms with Gasteiger partial charge in [-0.05, 0) is 13.0 Å². The third kappa shape index (κ3) is 3.61. The van der Waals surface area contributed by atoms with Crippen molar-refractivity contribution in [3.05, 3.63) is 23.3 Å². The van der Waals surface area contributed by atoms with Crippen molar-refractivity contribution in [3.8, 4) is 11.5 Å². The van der Waals surface area contributed by atoms with Gasteiger partial charge in [-0.15, -0.1) is 0 Å². The highest BCUT2D eigenvalue weighted by Crippen LogP contribution is 2.28. The van der Waals surface area contributed by atoms with Crippen molar-refractivity contribution < 1.29 is 29.6 Å². The summed E-state index contributed by atoms with van der Waals surface area (Å²) in [5, 5.41) is 26.4. The number of carboxylic acids is 1. The van der Waals surface area contributed by atoms with Crippen LogP contribution >= 0.6 is 0 Å². The Morgan fingerprint density at radius 2 is 1.78 bits per heavy atom. The fraction of sp³-hybridized carbons (Fsp3) is 0.417. The molecule has 0 bridgehead atoms. The highest BCUT2D eigenvalue weighted by atomic mass is 16.5. The van der Waals surface area contributed by atoms with E-state index in [1.165, 1.54) is 12.1 Å². The van der Waals surface area contributed by atoms with Crippen molar-refractivity contribution in [1.29, 1.82) is 0 Å². The zero-order valence-electron chi connectivity index (χ0n) is 10.0. The van der Waals surface area contributed by atoms with E-state index < -0.39 is 5.97 Å². The van der Waals surface area contributed by atoms with Crippen LogP contribution in [0.2, 0.25) is 0 Å². The minimum absolute atomic E-state index is 0.0679. The van der Waals surface area contributed by atoms with Gasteiger partial charge in [-0.25, -0.2) is 4.79 Å². The molecule has 0 aliphatic rings. The number of carboxylic acid groups (broad SMARTS) is 1. The maximum absolute atomic E-state index is 11.1. The maximum Gasteiger partial charge on any atom is 0.336 e. The molecular formula is C12H16O6. The smallest absolute Gasteiger partial charge is 0.336 e. The summed E-state index contributed by atoms with van der Waals surface area (Å²) < 4.78 is 10.4. The van der Waals surface area contributed by atoms with Gasteiger partial charge in [-0.3, -0.25) is 0 Å². The van der Waals surface area contributed by atoms with Crippen molar-refractivity contribution in [2.45, 2.75) is 6.92 Å². The van der Waals surface area contributed by atoms with E-state index in [9.17, 15) is 4.79 Å². The van der Waals surface area contributed by atoms with Gasteiger partial charge in [0.05, 0.1) is 18.8 Å². The van der Waals surface area contributed by atoms with Gasteiger partial charge < -0.3 is 24.8 Å². The van der Waals surface area contributed by atoms with Crippen molar-refractivity contribution >= 4 is 5.97 Å².